The lowest BCUT2D eigenvalue weighted by atomic mass is 10.2. The fourth-order valence-corrected chi connectivity index (χ4v) is 4.02. The van der Waals surface area contributed by atoms with Crippen molar-refractivity contribution >= 4 is 33.8 Å². The molecule has 2 aromatic carbocycles. The van der Waals surface area contributed by atoms with Crippen molar-refractivity contribution in [3.63, 3.8) is 0 Å². The SMILES string of the molecule is O=C(Cn1c(=O)n(CCc2cccs2)c(=O)c2ccccc21)Nc1ccc(F)cc1F. The van der Waals surface area contributed by atoms with Gasteiger partial charge in [0, 0.05) is 17.5 Å². The van der Waals surface area contributed by atoms with Gasteiger partial charge in [-0.25, -0.2) is 13.6 Å². The Balaban J connectivity index is 1.69. The second-order valence-electron chi connectivity index (χ2n) is 6.84. The number of aryl methyl sites for hydroxylation is 1. The Labute approximate surface area is 179 Å². The summed E-state index contributed by atoms with van der Waals surface area (Å²) in [5.74, 6) is -2.37. The second-order valence-corrected chi connectivity index (χ2v) is 7.88. The van der Waals surface area contributed by atoms with E-state index >= 15 is 0 Å². The number of para-hydroxylation sites is 1. The van der Waals surface area contributed by atoms with Gasteiger partial charge in [-0.2, -0.15) is 0 Å². The number of rotatable bonds is 6. The minimum Gasteiger partial charge on any atom is -0.322 e. The summed E-state index contributed by atoms with van der Waals surface area (Å²) in [6.45, 7) is -0.271. The Morgan fingerprint density at radius 1 is 1.00 bits per heavy atom. The van der Waals surface area contributed by atoms with Crippen molar-refractivity contribution in [1.29, 1.82) is 0 Å². The molecule has 6 nitrogen and oxygen atoms in total. The summed E-state index contributed by atoms with van der Waals surface area (Å²) in [6, 6.07) is 13.1. The number of hydrogen-bond acceptors (Lipinski definition) is 4. The van der Waals surface area contributed by atoms with Crippen molar-refractivity contribution < 1.29 is 13.6 Å². The topological polar surface area (TPSA) is 73.1 Å². The lowest BCUT2D eigenvalue weighted by Gasteiger charge is -2.14. The highest BCUT2D eigenvalue weighted by molar-refractivity contribution is 7.09. The Morgan fingerprint density at radius 3 is 2.55 bits per heavy atom. The van der Waals surface area contributed by atoms with Gasteiger partial charge in [-0.3, -0.25) is 18.7 Å². The summed E-state index contributed by atoms with van der Waals surface area (Å²) >= 11 is 1.53. The third-order valence-electron chi connectivity index (χ3n) is 4.80. The molecule has 9 heteroatoms. The lowest BCUT2D eigenvalue weighted by Crippen LogP contribution is -2.42. The van der Waals surface area contributed by atoms with E-state index in [4.69, 9.17) is 0 Å². The van der Waals surface area contributed by atoms with Crippen molar-refractivity contribution in [2.75, 3.05) is 5.32 Å². The van der Waals surface area contributed by atoms with Gasteiger partial charge in [-0.15, -0.1) is 11.3 Å². The molecule has 158 valence electrons. The molecule has 0 radical (unpaired) electrons. The molecular weight excluding hydrogens is 424 g/mol. The minimum absolute atomic E-state index is 0.164. The number of aromatic nitrogens is 2. The van der Waals surface area contributed by atoms with Gasteiger partial charge in [0.1, 0.15) is 18.2 Å². The summed E-state index contributed by atoms with van der Waals surface area (Å²) < 4.78 is 29.2. The number of nitrogens with zero attached hydrogens (tertiary/aromatic N) is 2. The maximum Gasteiger partial charge on any atom is 0.331 e. The number of amides is 1. The van der Waals surface area contributed by atoms with E-state index in [1.165, 1.54) is 15.9 Å². The van der Waals surface area contributed by atoms with Crippen LogP contribution < -0.4 is 16.6 Å². The first kappa shape index (κ1) is 20.7. The van der Waals surface area contributed by atoms with Crippen molar-refractivity contribution in [3.05, 3.63) is 97.3 Å². The van der Waals surface area contributed by atoms with Crippen LogP contribution in [0.1, 0.15) is 4.88 Å². The number of thiophene rings is 1. The molecule has 1 N–H and O–H groups in total. The molecule has 0 aliphatic heterocycles. The van der Waals surface area contributed by atoms with Gasteiger partial charge < -0.3 is 5.32 Å². The van der Waals surface area contributed by atoms with Gasteiger partial charge in [-0.05, 0) is 42.1 Å². The Bertz CT molecular complexity index is 1380. The smallest absolute Gasteiger partial charge is 0.322 e. The normalized spacial score (nSPS) is 11.0. The molecule has 4 aromatic rings. The van der Waals surface area contributed by atoms with Gasteiger partial charge in [0.2, 0.25) is 5.91 Å². The van der Waals surface area contributed by atoms with Crippen LogP contribution >= 0.6 is 11.3 Å². The molecule has 31 heavy (non-hydrogen) atoms. The number of fused-ring (bicyclic) bond motifs is 1. The molecule has 0 unspecified atom stereocenters. The Hall–Kier alpha value is -3.59. The van der Waals surface area contributed by atoms with Crippen LogP contribution in [-0.2, 0) is 24.3 Å². The van der Waals surface area contributed by atoms with Crippen molar-refractivity contribution in [2.24, 2.45) is 0 Å². The Kier molecular flexibility index (Phi) is 5.77. The monoisotopic (exact) mass is 441 g/mol. The van der Waals surface area contributed by atoms with Crippen molar-refractivity contribution in [1.82, 2.24) is 9.13 Å². The number of halogens is 2. The fourth-order valence-electron chi connectivity index (χ4n) is 3.32. The highest BCUT2D eigenvalue weighted by Crippen LogP contribution is 2.15. The quantitative estimate of drug-likeness (QED) is 0.499. The van der Waals surface area contributed by atoms with Gasteiger partial charge in [0.25, 0.3) is 5.56 Å². The molecule has 0 aliphatic rings. The minimum atomic E-state index is -0.925. The van der Waals surface area contributed by atoms with Gasteiger partial charge in [-0.1, -0.05) is 18.2 Å². The number of carbonyl (C=O) groups excluding carboxylic acids is 1. The molecule has 0 fully saturated rings. The van der Waals surface area contributed by atoms with Crippen LogP contribution in [0.2, 0.25) is 0 Å². The van der Waals surface area contributed by atoms with E-state index in [1.54, 1.807) is 24.3 Å². The fraction of sp³-hybridized carbons (Fsp3) is 0.136. The molecule has 0 atom stereocenters. The van der Waals surface area contributed by atoms with Crippen molar-refractivity contribution in [2.45, 2.75) is 19.5 Å². The van der Waals surface area contributed by atoms with Crippen LogP contribution in [0.15, 0.2) is 69.6 Å². The largest absolute Gasteiger partial charge is 0.331 e. The predicted octanol–water partition coefficient (Wildman–Crippen LogP) is 3.38. The summed E-state index contributed by atoms with van der Waals surface area (Å²) in [5, 5.41) is 4.55. The second kappa shape index (κ2) is 8.65. The van der Waals surface area contributed by atoms with E-state index < -0.39 is 35.3 Å². The molecule has 0 bridgehead atoms. The third kappa shape index (κ3) is 4.31. The zero-order valence-electron chi connectivity index (χ0n) is 16.2. The van der Waals surface area contributed by atoms with Crippen LogP contribution in [0, 0.1) is 11.6 Å². The number of benzene rings is 2. The van der Waals surface area contributed by atoms with E-state index in [-0.39, 0.29) is 12.2 Å². The van der Waals surface area contributed by atoms with Crippen LogP contribution in [0.5, 0.6) is 0 Å². The van der Waals surface area contributed by atoms with Gasteiger partial charge >= 0.3 is 5.69 Å². The summed E-state index contributed by atoms with van der Waals surface area (Å²) in [5.41, 5.74) is -0.956. The van der Waals surface area contributed by atoms with Crippen LogP contribution in [0.4, 0.5) is 14.5 Å². The molecule has 1 amide bonds. The van der Waals surface area contributed by atoms with Gasteiger partial charge in [0.15, 0.2) is 0 Å². The molecule has 4 rings (SSSR count). The van der Waals surface area contributed by atoms with Crippen molar-refractivity contribution in [3.8, 4) is 0 Å². The highest BCUT2D eigenvalue weighted by atomic mass is 32.1. The molecule has 0 saturated heterocycles. The average molecular weight is 441 g/mol. The standard InChI is InChI=1S/C22H17F2N3O3S/c23-14-7-8-18(17(24)12-14)25-20(28)13-27-19-6-2-1-5-16(19)21(29)26(22(27)30)10-9-15-4-3-11-31-15/h1-8,11-12H,9-10,13H2,(H,25,28). The molecule has 0 saturated carbocycles. The number of anilines is 1. The maximum atomic E-state index is 13.9. The highest BCUT2D eigenvalue weighted by Gasteiger charge is 2.16. The Morgan fingerprint density at radius 2 is 1.81 bits per heavy atom. The first-order valence-corrected chi connectivity index (χ1v) is 10.3. The van der Waals surface area contributed by atoms with E-state index in [2.05, 4.69) is 5.32 Å². The lowest BCUT2D eigenvalue weighted by molar-refractivity contribution is -0.116. The average Bonchev–Trinajstić information content (AvgIpc) is 3.27. The summed E-state index contributed by atoms with van der Waals surface area (Å²) in [4.78, 5) is 39.5. The summed E-state index contributed by atoms with van der Waals surface area (Å²) in [6.07, 6.45) is 0.498. The van der Waals surface area contributed by atoms with Crippen LogP contribution in [-0.4, -0.2) is 15.0 Å². The van der Waals surface area contributed by atoms with E-state index in [0.717, 1.165) is 21.6 Å². The zero-order valence-corrected chi connectivity index (χ0v) is 17.0. The predicted molar refractivity (Wildman–Crippen MR) is 115 cm³/mol. The molecule has 2 heterocycles. The van der Waals surface area contributed by atoms with Crippen LogP contribution in [0.25, 0.3) is 10.9 Å². The zero-order chi connectivity index (χ0) is 22.0. The molecule has 0 spiro atoms. The number of carbonyl (C=O) groups is 1. The summed E-state index contributed by atoms with van der Waals surface area (Å²) in [7, 11) is 0. The molecular formula is C22H17F2N3O3S. The molecule has 0 aliphatic carbocycles. The first-order chi connectivity index (χ1) is 14.9. The van der Waals surface area contributed by atoms with E-state index in [1.807, 2.05) is 17.5 Å². The molecule has 2 aromatic heterocycles. The maximum absolute atomic E-state index is 13.9. The first-order valence-electron chi connectivity index (χ1n) is 9.43. The number of nitrogens with one attached hydrogen (secondary N) is 1. The van der Waals surface area contributed by atoms with E-state index in [9.17, 15) is 23.2 Å². The third-order valence-corrected chi connectivity index (χ3v) is 5.74. The van der Waals surface area contributed by atoms with Gasteiger partial charge in [0.05, 0.1) is 16.6 Å². The van der Waals surface area contributed by atoms with E-state index in [0.29, 0.717) is 23.4 Å². The number of hydrogen-bond donors (Lipinski definition) is 1. The van der Waals surface area contributed by atoms with Crippen LogP contribution in [0.3, 0.4) is 0 Å².